The molecule has 1 amide bonds. The Morgan fingerprint density at radius 1 is 1.27 bits per heavy atom. The van der Waals surface area contributed by atoms with Crippen molar-refractivity contribution >= 4 is 17.5 Å². The molecule has 1 aliphatic heterocycles. The summed E-state index contributed by atoms with van der Waals surface area (Å²) in [4.78, 5) is 16.5. The van der Waals surface area contributed by atoms with Gasteiger partial charge in [0.25, 0.3) is 0 Å². The second-order valence-corrected chi connectivity index (χ2v) is 6.50. The van der Waals surface area contributed by atoms with Gasteiger partial charge in [0.05, 0.1) is 6.54 Å². The number of halogens is 1. The van der Waals surface area contributed by atoms with Gasteiger partial charge in [-0.15, -0.1) is 0 Å². The maximum atomic E-state index is 11.9. The molecule has 1 N–H and O–H groups in total. The van der Waals surface area contributed by atoms with Gasteiger partial charge in [-0.3, -0.25) is 14.6 Å². The van der Waals surface area contributed by atoms with Crippen LogP contribution in [-0.2, 0) is 11.3 Å². The van der Waals surface area contributed by atoms with Crippen LogP contribution in [0.15, 0.2) is 24.3 Å². The molecule has 1 saturated heterocycles. The number of rotatable bonds is 6. The van der Waals surface area contributed by atoms with Crippen LogP contribution in [0.5, 0.6) is 0 Å². The van der Waals surface area contributed by atoms with Crippen LogP contribution in [0.4, 0.5) is 0 Å². The second kappa shape index (κ2) is 8.51. The van der Waals surface area contributed by atoms with Gasteiger partial charge < -0.3 is 5.32 Å². The number of nitrogens with one attached hydrogen (secondary N) is 1. The average molecular weight is 324 g/mol. The zero-order valence-electron chi connectivity index (χ0n) is 13.5. The lowest BCUT2D eigenvalue weighted by Crippen LogP contribution is -2.49. The molecule has 4 nitrogen and oxygen atoms in total. The number of piperazine rings is 1. The smallest absolute Gasteiger partial charge is 0.234 e. The normalized spacial score (nSPS) is 18.1. The van der Waals surface area contributed by atoms with Gasteiger partial charge in [0.2, 0.25) is 5.91 Å². The van der Waals surface area contributed by atoms with E-state index in [0.29, 0.717) is 6.54 Å². The summed E-state index contributed by atoms with van der Waals surface area (Å²) in [5, 5.41) is 3.81. The zero-order valence-corrected chi connectivity index (χ0v) is 14.3. The fraction of sp³-hybridized carbons (Fsp3) is 0.588. The predicted octanol–water partition coefficient (Wildman–Crippen LogP) is 2.37. The van der Waals surface area contributed by atoms with Gasteiger partial charge in [-0.1, -0.05) is 30.7 Å². The topological polar surface area (TPSA) is 35.6 Å². The van der Waals surface area contributed by atoms with Crippen LogP contribution in [0, 0.1) is 0 Å². The summed E-state index contributed by atoms with van der Waals surface area (Å²) < 4.78 is 0. The number of nitrogens with zero attached hydrogens (tertiary/aromatic N) is 2. The third-order valence-corrected chi connectivity index (χ3v) is 4.38. The second-order valence-electron chi connectivity index (χ2n) is 6.06. The van der Waals surface area contributed by atoms with E-state index < -0.39 is 0 Å². The number of hydrogen-bond donors (Lipinski definition) is 1. The van der Waals surface area contributed by atoms with Crippen LogP contribution in [0.3, 0.4) is 0 Å². The lowest BCUT2D eigenvalue weighted by atomic mass is 10.2. The SMILES string of the molecule is CCC(C)NC(=O)CN1CCN(Cc2cccc(Cl)c2)CC1. The van der Waals surface area contributed by atoms with E-state index in [0.717, 1.165) is 44.2 Å². The maximum absolute atomic E-state index is 11.9. The van der Waals surface area contributed by atoms with Crippen LogP contribution in [-0.4, -0.2) is 54.5 Å². The Hall–Kier alpha value is -1.10. The molecule has 1 fully saturated rings. The molecule has 1 unspecified atom stereocenters. The monoisotopic (exact) mass is 323 g/mol. The number of carbonyl (C=O) groups is 1. The molecular formula is C17H26ClN3O. The maximum Gasteiger partial charge on any atom is 0.234 e. The summed E-state index contributed by atoms with van der Waals surface area (Å²) in [5.74, 6) is 0.137. The van der Waals surface area contributed by atoms with Crippen LogP contribution in [0.1, 0.15) is 25.8 Å². The summed E-state index contributed by atoms with van der Waals surface area (Å²) in [6, 6.07) is 8.29. The first-order chi connectivity index (χ1) is 10.6. The Morgan fingerprint density at radius 3 is 2.59 bits per heavy atom. The van der Waals surface area contributed by atoms with Crippen molar-refractivity contribution in [2.45, 2.75) is 32.9 Å². The van der Waals surface area contributed by atoms with E-state index in [1.54, 1.807) is 0 Å². The van der Waals surface area contributed by atoms with E-state index in [9.17, 15) is 4.79 Å². The average Bonchev–Trinajstić information content (AvgIpc) is 2.49. The van der Waals surface area contributed by atoms with Crippen LogP contribution >= 0.6 is 11.6 Å². The first-order valence-electron chi connectivity index (χ1n) is 8.05. The molecule has 2 rings (SSSR count). The van der Waals surface area contributed by atoms with Gasteiger partial charge in [-0.05, 0) is 31.0 Å². The minimum atomic E-state index is 0.137. The summed E-state index contributed by atoms with van der Waals surface area (Å²) in [6.45, 7) is 9.42. The highest BCUT2D eigenvalue weighted by Gasteiger charge is 2.19. The largest absolute Gasteiger partial charge is 0.353 e. The first kappa shape index (κ1) is 17.3. The van der Waals surface area contributed by atoms with Gasteiger partial charge in [0.15, 0.2) is 0 Å². The van der Waals surface area contributed by atoms with Gasteiger partial charge >= 0.3 is 0 Å². The molecule has 1 heterocycles. The number of carbonyl (C=O) groups excluding carboxylic acids is 1. The minimum absolute atomic E-state index is 0.137. The molecule has 22 heavy (non-hydrogen) atoms. The molecule has 0 aliphatic carbocycles. The summed E-state index contributed by atoms with van der Waals surface area (Å²) in [5.41, 5.74) is 1.25. The van der Waals surface area contributed by atoms with Gasteiger partial charge in [0.1, 0.15) is 0 Å². The van der Waals surface area contributed by atoms with Crippen molar-refractivity contribution in [2.24, 2.45) is 0 Å². The lowest BCUT2D eigenvalue weighted by Gasteiger charge is -2.34. The summed E-state index contributed by atoms with van der Waals surface area (Å²) >= 11 is 6.03. The van der Waals surface area contributed by atoms with Crippen molar-refractivity contribution < 1.29 is 4.79 Å². The van der Waals surface area contributed by atoms with Crippen LogP contribution in [0.2, 0.25) is 5.02 Å². The summed E-state index contributed by atoms with van der Waals surface area (Å²) in [7, 11) is 0. The Bertz CT molecular complexity index is 487. The van der Waals surface area contributed by atoms with E-state index in [-0.39, 0.29) is 11.9 Å². The van der Waals surface area contributed by atoms with Gasteiger partial charge in [-0.2, -0.15) is 0 Å². The van der Waals surface area contributed by atoms with Gasteiger partial charge in [0, 0.05) is 43.8 Å². The standard InChI is InChI=1S/C17H26ClN3O/c1-3-14(2)19-17(22)13-21-9-7-20(8-10-21)12-15-5-4-6-16(18)11-15/h4-6,11,14H,3,7-10,12-13H2,1-2H3,(H,19,22). The molecule has 122 valence electrons. The lowest BCUT2D eigenvalue weighted by molar-refractivity contribution is -0.123. The van der Waals surface area contributed by atoms with Crippen molar-refractivity contribution in [3.05, 3.63) is 34.9 Å². The molecule has 0 spiro atoms. The molecule has 1 atom stereocenters. The first-order valence-corrected chi connectivity index (χ1v) is 8.43. The molecular weight excluding hydrogens is 298 g/mol. The Kier molecular flexibility index (Phi) is 6.68. The Balaban J connectivity index is 1.72. The third kappa shape index (κ3) is 5.59. The Morgan fingerprint density at radius 2 is 1.95 bits per heavy atom. The molecule has 1 aromatic rings. The molecule has 0 radical (unpaired) electrons. The van der Waals surface area contributed by atoms with E-state index in [1.165, 1.54) is 5.56 Å². The van der Waals surface area contributed by atoms with Crippen molar-refractivity contribution in [1.82, 2.24) is 15.1 Å². The van der Waals surface area contributed by atoms with Crippen molar-refractivity contribution in [2.75, 3.05) is 32.7 Å². The molecule has 1 aliphatic rings. The fourth-order valence-corrected chi connectivity index (χ4v) is 2.84. The number of amides is 1. The molecule has 5 heteroatoms. The van der Waals surface area contributed by atoms with E-state index in [2.05, 4.69) is 28.1 Å². The molecule has 0 bridgehead atoms. The van der Waals surface area contributed by atoms with Crippen LogP contribution < -0.4 is 5.32 Å². The van der Waals surface area contributed by atoms with Crippen molar-refractivity contribution in [3.63, 3.8) is 0 Å². The molecule has 0 saturated carbocycles. The van der Waals surface area contributed by atoms with Crippen molar-refractivity contribution in [1.29, 1.82) is 0 Å². The summed E-state index contributed by atoms with van der Waals surface area (Å²) in [6.07, 6.45) is 0.971. The highest BCUT2D eigenvalue weighted by molar-refractivity contribution is 6.30. The number of hydrogen-bond acceptors (Lipinski definition) is 3. The Labute approximate surface area is 138 Å². The fourth-order valence-electron chi connectivity index (χ4n) is 2.62. The van der Waals surface area contributed by atoms with Crippen LogP contribution in [0.25, 0.3) is 0 Å². The van der Waals surface area contributed by atoms with Crippen molar-refractivity contribution in [3.8, 4) is 0 Å². The van der Waals surface area contributed by atoms with E-state index in [4.69, 9.17) is 11.6 Å². The highest BCUT2D eigenvalue weighted by atomic mass is 35.5. The van der Waals surface area contributed by atoms with Gasteiger partial charge in [-0.25, -0.2) is 0 Å². The predicted molar refractivity (Wildman–Crippen MR) is 91.1 cm³/mol. The highest BCUT2D eigenvalue weighted by Crippen LogP contribution is 2.13. The molecule has 1 aromatic carbocycles. The third-order valence-electron chi connectivity index (χ3n) is 4.15. The zero-order chi connectivity index (χ0) is 15.9. The van der Waals surface area contributed by atoms with E-state index in [1.807, 2.05) is 25.1 Å². The number of benzene rings is 1. The van der Waals surface area contributed by atoms with E-state index >= 15 is 0 Å². The quantitative estimate of drug-likeness (QED) is 0.873. The molecule has 0 aromatic heterocycles. The minimum Gasteiger partial charge on any atom is -0.353 e.